The molecule has 0 bridgehead atoms. The van der Waals surface area contributed by atoms with Gasteiger partial charge in [-0.1, -0.05) is 13.8 Å². The molecular weight excluding hydrogens is 116 g/mol. The summed E-state index contributed by atoms with van der Waals surface area (Å²) in [6, 6.07) is 0. The van der Waals surface area contributed by atoms with E-state index in [-0.39, 0.29) is 5.91 Å². The summed E-state index contributed by atoms with van der Waals surface area (Å²) < 4.78 is 0. The molecule has 0 unspecified atom stereocenters. The fraction of sp³-hybridized carbons (Fsp3) is 0.833. The van der Waals surface area contributed by atoms with Gasteiger partial charge >= 0.3 is 0 Å². The van der Waals surface area contributed by atoms with Crippen LogP contribution in [0.1, 0.15) is 20.3 Å². The predicted octanol–water partition coefficient (Wildman–Crippen LogP) is 0.283. The fourth-order valence-electron chi connectivity index (χ4n) is 0.561. The van der Waals surface area contributed by atoms with Gasteiger partial charge in [-0.15, -0.1) is 0 Å². The third-order valence-corrected chi connectivity index (χ3v) is 0.858. The first-order valence-electron chi connectivity index (χ1n) is 3.12. The molecule has 2 N–H and O–H groups in total. The van der Waals surface area contributed by atoms with E-state index in [4.69, 9.17) is 0 Å². The Morgan fingerprint density at radius 2 is 2.11 bits per heavy atom. The summed E-state index contributed by atoms with van der Waals surface area (Å²) in [5.74, 6) is 0.478. The zero-order chi connectivity index (χ0) is 7.28. The van der Waals surface area contributed by atoms with Gasteiger partial charge in [-0.05, 0) is 5.92 Å². The second kappa shape index (κ2) is 4.32. The van der Waals surface area contributed by atoms with E-state index in [0.717, 1.165) is 0 Å². The van der Waals surface area contributed by atoms with Gasteiger partial charge in [-0.25, -0.2) is 5.43 Å². The Labute approximate surface area is 55.8 Å². The minimum Gasteiger partial charge on any atom is -0.292 e. The van der Waals surface area contributed by atoms with Crippen molar-refractivity contribution in [3.63, 3.8) is 0 Å². The third-order valence-electron chi connectivity index (χ3n) is 0.858. The van der Waals surface area contributed by atoms with Crippen molar-refractivity contribution in [1.29, 1.82) is 0 Å². The molecule has 54 valence electrons. The molecule has 3 heteroatoms. The number of carbonyl (C=O) groups is 1. The van der Waals surface area contributed by atoms with Crippen molar-refractivity contribution in [2.45, 2.75) is 20.3 Å². The molecule has 0 spiro atoms. The van der Waals surface area contributed by atoms with Crippen LogP contribution in [0.5, 0.6) is 0 Å². The molecule has 3 nitrogen and oxygen atoms in total. The van der Waals surface area contributed by atoms with Crippen LogP contribution in [0.25, 0.3) is 0 Å². The Morgan fingerprint density at radius 3 is 2.44 bits per heavy atom. The summed E-state index contributed by atoms with van der Waals surface area (Å²) in [5, 5.41) is 0. The topological polar surface area (TPSA) is 41.1 Å². The highest BCUT2D eigenvalue weighted by Crippen LogP contribution is 1.96. The largest absolute Gasteiger partial charge is 0.292 e. The SMILES string of the molecule is CNNC(=O)CC(C)C. The van der Waals surface area contributed by atoms with Gasteiger partial charge in [0.1, 0.15) is 0 Å². The standard InChI is InChI=1S/C6H14N2O/c1-5(2)4-6(9)8-7-3/h5,7H,4H2,1-3H3,(H,8,9). The van der Waals surface area contributed by atoms with Gasteiger partial charge in [0.05, 0.1) is 0 Å². The average molecular weight is 130 g/mol. The van der Waals surface area contributed by atoms with Crippen LogP contribution in [0, 0.1) is 5.92 Å². The number of hydrazine groups is 1. The molecule has 1 amide bonds. The van der Waals surface area contributed by atoms with Crippen molar-refractivity contribution in [2.24, 2.45) is 5.92 Å². The molecule has 0 aliphatic heterocycles. The van der Waals surface area contributed by atoms with E-state index in [1.165, 1.54) is 0 Å². The van der Waals surface area contributed by atoms with Crippen LogP contribution in [0.15, 0.2) is 0 Å². The maximum Gasteiger partial charge on any atom is 0.234 e. The number of rotatable bonds is 3. The van der Waals surface area contributed by atoms with Crippen molar-refractivity contribution in [2.75, 3.05) is 7.05 Å². The highest BCUT2D eigenvalue weighted by Gasteiger charge is 2.01. The minimum absolute atomic E-state index is 0.0486. The van der Waals surface area contributed by atoms with Crippen LogP contribution < -0.4 is 10.9 Å². The van der Waals surface area contributed by atoms with E-state index in [0.29, 0.717) is 12.3 Å². The Balaban J connectivity index is 3.27. The van der Waals surface area contributed by atoms with Gasteiger partial charge in [-0.2, -0.15) is 0 Å². The quantitative estimate of drug-likeness (QED) is 0.539. The molecule has 0 fully saturated rings. The van der Waals surface area contributed by atoms with E-state index >= 15 is 0 Å². The second-order valence-corrected chi connectivity index (χ2v) is 2.40. The normalized spacial score (nSPS) is 9.78. The van der Waals surface area contributed by atoms with Crippen LogP contribution in [-0.4, -0.2) is 13.0 Å². The third kappa shape index (κ3) is 5.30. The fourth-order valence-corrected chi connectivity index (χ4v) is 0.561. The van der Waals surface area contributed by atoms with Crippen molar-refractivity contribution in [3.8, 4) is 0 Å². The molecular formula is C6H14N2O. The van der Waals surface area contributed by atoms with Crippen LogP contribution in [0.3, 0.4) is 0 Å². The Kier molecular flexibility index (Phi) is 4.05. The Hall–Kier alpha value is -0.570. The molecule has 0 aromatic rings. The van der Waals surface area contributed by atoms with Crippen LogP contribution in [-0.2, 0) is 4.79 Å². The molecule has 0 aromatic carbocycles. The summed E-state index contributed by atoms with van der Waals surface area (Å²) >= 11 is 0. The maximum absolute atomic E-state index is 10.7. The lowest BCUT2D eigenvalue weighted by atomic mass is 10.1. The maximum atomic E-state index is 10.7. The summed E-state index contributed by atoms with van der Waals surface area (Å²) in [6.45, 7) is 4.02. The smallest absolute Gasteiger partial charge is 0.234 e. The summed E-state index contributed by atoms with van der Waals surface area (Å²) in [5.41, 5.74) is 5.06. The lowest BCUT2D eigenvalue weighted by Gasteiger charge is -2.03. The van der Waals surface area contributed by atoms with E-state index < -0.39 is 0 Å². The van der Waals surface area contributed by atoms with E-state index in [1.807, 2.05) is 13.8 Å². The molecule has 0 radical (unpaired) electrons. The molecule has 0 saturated carbocycles. The first-order chi connectivity index (χ1) is 4.16. The van der Waals surface area contributed by atoms with Gasteiger partial charge < -0.3 is 0 Å². The van der Waals surface area contributed by atoms with Crippen LogP contribution in [0.4, 0.5) is 0 Å². The minimum atomic E-state index is 0.0486. The van der Waals surface area contributed by atoms with Crippen molar-refractivity contribution < 1.29 is 4.79 Å². The summed E-state index contributed by atoms with van der Waals surface area (Å²) in [6.07, 6.45) is 0.584. The number of hydrogen-bond acceptors (Lipinski definition) is 2. The number of carbonyl (C=O) groups excluding carboxylic acids is 1. The average Bonchev–Trinajstić information content (AvgIpc) is 1.63. The molecule has 0 aliphatic carbocycles. The predicted molar refractivity (Wildman–Crippen MR) is 36.7 cm³/mol. The van der Waals surface area contributed by atoms with Crippen LogP contribution >= 0.6 is 0 Å². The van der Waals surface area contributed by atoms with Crippen molar-refractivity contribution >= 4 is 5.91 Å². The number of hydrogen-bond donors (Lipinski definition) is 2. The number of nitrogens with one attached hydrogen (secondary N) is 2. The van der Waals surface area contributed by atoms with E-state index in [9.17, 15) is 4.79 Å². The van der Waals surface area contributed by atoms with E-state index in [1.54, 1.807) is 7.05 Å². The monoisotopic (exact) mass is 130 g/mol. The van der Waals surface area contributed by atoms with Crippen molar-refractivity contribution in [3.05, 3.63) is 0 Å². The zero-order valence-corrected chi connectivity index (χ0v) is 6.19. The summed E-state index contributed by atoms with van der Waals surface area (Å²) in [4.78, 5) is 10.7. The molecule has 0 saturated heterocycles. The zero-order valence-electron chi connectivity index (χ0n) is 6.19. The molecule has 0 rings (SSSR count). The van der Waals surface area contributed by atoms with E-state index in [2.05, 4.69) is 10.9 Å². The highest BCUT2D eigenvalue weighted by atomic mass is 16.2. The first kappa shape index (κ1) is 8.43. The Morgan fingerprint density at radius 1 is 1.56 bits per heavy atom. The number of amides is 1. The highest BCUT2D eigenvalue weighted by molar-refractivity contribution is 5.75. The molecule has 0 heterocycles. The van der Waals surface area contributed by atoms with Crippen molar-refractivity contribution in [1.82, 2.24) is 10.9 Å². The Bertz CT molecular complexity index is 91.1. The van der Waals surface area contributed by atoms with Gasteiger partial charge in [0.25, 0.3) is 0 Å². The first-order valence-corrected chi connectivity index (χ1v) is 3.12. The molecule has 0 aliphatic rings. The second-order valence-electron chi connectivity index (χ2n) is 2.40. The molecule has 0 aromatic heterocycles. The summed E-state index contributed by atoms with van der Waals surface area (Å²) in [7, 11) is 1.68. The molecule has 0 atom stereocenters. The lowest BCUT2D eigenvalue weighted by molar-refractivity contribution is -0.122. The lowest BCUT2D eigenvalue weighted by Crippen LogP contribution is -2.34. The van der Waals surface area contributed by atoms with Gasteiger partial charge in [0.15, 0.2) is 0 Å². The van der Waals surface area contributed by atoms with Gasteiger partial charge in [0, 0.05) is 13.5 Å². The van der Waals surface area contributed by atoms with Gasteiger partial charge in [-0.3, -0.25) is 10.2 Å². The van der Waals surface area contributed by atoms with Crippen LogP contribution in [0.2, 0.25) is 0 Å². The molecule has 9 heavy (non-hydrogen) atoms. The van der Waals surface area contributed by atoms with Gasteiger partial charge in [0.2, 0.25) is 5.91 Å².